The summed E-state index contributed by atoms with van der Waals surface area (Å²) < 4.78 is 10.9. The third-order valence-corrected chi connectivity index (χ3v) is 4.01. The largest absolute Gasteiger partial charge is 0.496 e. The summed E-state index contributed by atoms with van der Waals surface area (Å²) in [7, 11) is 1.66. The summed E-state index contributed by atoms with van der Waals surface area (Å²) in [4.78, 5) is 0. The van der Waals surface area contributed by atoms with Gasteiger partial charge in [0.25, 0.3) is 0 Å². The Labute approximate surface area is 141 Å². The van der Waals surface area contributed by atoms with Gasteiger partial charge in [-0.05, 0) is 31.7 Å². The van der Waals surface area contributed by atoms with Gasteiger partial charge in [-0.3, -0.25) is 0 Å². The molecule has 0 radical (unpaired) electrons. The van der Waals surface area contributed by atoms with E-state index >= 15 is 0 Å². The first-order chi connectivity index (χ1) is 11.0. The van der Waals surface area contributed by atoms with Crippen LogP contribution in [0.3, 0.4) is 0 Å². The van der Waals surface area contributed by atoms with Crippen molar-refractivity contribution in [1.82, 2.24) is 0 Å². The third kappa shape index (κ3) is 8.94. The highest BCUT2D eigenvalue weighted by Gasteiger charge is 2.11. The Morgan fingerprint density at radius 3 is 2.57 bits per heavy atom. The standard InChI is InChI=1S/C19H33NO3/c1-15(2)8-7-9-16(3)20-12-18(21)14-23-13-17-10-5-6-11-19(17)22-4/h5-6,10-11,15-16,18,20-21H,7-9,12-14H2,1-4H3/p+1/t16-,18+/m1/s1. The molecule has 0 saturated carbocycles. The Kier molecular flexibility index (Phi) is 9.92. The molecular weight excluding hydrogens is 290 g/mol. The maximum atomic E-state index is 10.0. The van der Waals surface area contributed by atoms with E-state index in [-0.39, 0.29) is 0 Å². The molecule has 1 rings (SSSR count). The summed E-state index contributed by atoms with van der Waals surface area (Å²) in [5.41, 5.74) is 1.01. The summed E-state index contributed by atoms with van der Waals surface area (Å²) >= 11 is 0. The molecule has 4 heteroatoms. The molecule has 0 aliphatic heterocycles. The lowest BCUT2D eigenvalue weighted by atomic mass is 10.0. The van der Waals surface area contributed by atoms with Gasteiger partial charge in [0, 0.05) is 5.56 Å². The molecule has 0 aliphatic rings. The van der Waals surface area contributed by atoms with E-state index in [1.54, 1.807) is 7.11 Å². The molecule has 0 unspecified atom stereocenters. The lowest BCUT2D eigenvalue weighted by Gasteiger charge is -2.15. The van der Waals surface area contributed by atoms with Crippen molar-refractivity contribution in [2.45, 2.75) is 58.8 Å². The first-order valence-corrected chi connectivity index (χ1v) is 8.74. The molecule has 0 amide bonds. The number of rotatable bonds is 12. The maximum absolute atomic E-state index is 10.0. The van der Waals surface area contributed by atoms with Crippen molar-refractivity contribution in [3.63, 3.8) is 0 Å². The highest BCUT2D eigenvalue weighted by molar-refractivity contribution is 5.32. The molecule has 0 bridgehead atoms. The zero-order chi connectivity index (χ0) is 17.1. The van der Waals surface area contributed by atoms with Crippen LogP contribution in [0, 0.1) is 5.92 Å². The Hall–Kier alpha value is -1.10. The minimum atomic E-state index is -0.433. The number of quaternary nitrogens is 1. The second kappa shape index (κ2) is 11.4. The van der Waals surface area contributed by atoms with E-state index in [0.29, 0.717) is 25.8 Å². The van der Waals surface area contributed by atoms with Crippen LogP contribution in [-0.4, -0.2) is 37.5 Å². The van der Waals surface area contributed by atoms with Crippen LogP contribution in [0.4, 0.5) is 0 Å². The lowest BCUT2D eigenvalue weighted by Crippen LogP contribution is -2.91. The van der Waals surface area contributed by atoms with E-state index in [4.69, 9.17) is 9.47 Å². The smallest absolute Gasteiger partial charge is 0.126 e. The molecule has 0 heterocycles. The quantitative estimate of drug-likeness (QED) is 0.620. The first-order valence-electron chi connectivity index (χ1n) is 8.74. The number of benzene rings is 1. The number of aliphatic hydroxyl groups is 1. The molecule has 0 aromatic heterocycles. The molecule has 0 fully saturated rings. The Balaban J connectivity index is 2.15. The topological polar surface area (TPSA) is 55.3 Å². The van der Waals surface area contributed by atoms with Gasteiger partial charge in [-0.1, -0.05) is 38.5 Å². The van der Waals surface area contributed by atoms with Crippen LogP contribution in [0.25, 0.3) is 0 Å². The molecular formula is C19H34NO3+. The van der Waals surface area contributed by atoms with Gasteiger partial charge in [-0.15, -0.1) is 0 Å². The van der Waals surface area contributed by atoms with Crippen LogP contribution in [0.1, 0.15) is 45.6 Å². The average molecular weight is 324 g/mol. The van der Waals surface area contributed by atoms with Gasteiger partial charge in [0.05, 0.1) is 26.4 Å². The molecule has 2 atom stereocenters. The van der Waals surface area contributed by atoms with Crippen LogP contribution >= 0.6 is 0 Å². The minimum Gasteiger partial charge on any atom is -0.496 e. The lowest BCUT2D eigenvalue weighted by molar-refractivity contribution is -0.692. The summed E-state index contributed by atoms with van der Waals surface area (Å²) in [5.74, 6) is 1.60. The van der Waals surface area contributed by atoms with Crippen LogP contribution in [0.5, 0.6) is 5.75 Å². The van der Waals surface area contributed by atoms with Crippen molar-refractivity contribution in [3.8, 4) is 5.75 Å². The molecule has 0 saturated heterocycles. The van der Waals surface area contributed by atoms with Crippen molar-refractivity contribution < 1.29 is 19.9 Å². The SMILES string of the molecule is COc1ccccc1COC[C@@H](O)C[NH2+][C@H](C)CCCC(C)C. The number of para-hydroxylation sites is 1. The summed E-state index contributed by atoms with van der Waals surface area (Å²) in [5, 5.41) is 12.2. The molecule has 0 spiro atoms. The minimum absolute atomic E-state index is 0.354. The normalized spacial score (nSPS) is 14.0. The zero-order valence-corrected chi connectivity index (χ0v) is 15.1. The average Bonchev–Trinajstić information content (AvgIpc) is 2.53. The highest BCUT2D eigenvalue weighted by Crippen LogP contribution is 2.17. The van der Waals surface area contributed by atoms with E-state index in [9.17, 15) is 5.11 Å². The number of methoxy groups -OCH3 is 1. The van der Waals surface area contributed by atoms with Gasteiger partial charge >= 0.3 is 0 Å². The van der Waals surface area contributed by atoms with Crippen molar-refractivity contribution >= 4 is 0 Å². The number of aliphatic hydroxyl groups excluding tert-OH is 1. The van der Waals surface area contributed by atoms with E-state index in [1.807, 2.05) is 24.3 Å². The Bertz CT molecular complexity index is 423. The monoisotopic (exact) mass is 324 g/mol. The number of hydrogen-bond acceptors (Lipinski definition) is 3. The van der Waals surface area contributed by atoms with Crippen LogP contribution in [0.2, 0.25) is 0 Å². The maximum Gasteiger partial charge on any atom is 0.126 e. The Morgan fingerprint density at radius 1 is 1.13 bits per heavy atom. The Morgan fingerprint density at radius 2 is 1.87 bits per heavy atom. The second-order valence-electron chi connectivity index (χ2n) is 6.75. The number of ether oxygens (including phenoxy) is 2. The third-order valence-electron chi connectivity index (χ3n) is 4.01. The van der Waals surface area contributed by atoms with Crippen molar-refractivity contribution in [2.75, 3.05) is 20.3 Å². The van der Waals surface area contributed by atoms with E-state index < -0.39 is 6.10 Å². The number of nitrogens with two attached hydrogens (primary N) is 1. The molecule has 1 aromatic rings. The molecule has 3 N–H and O–H groups in total. The predicted molar refractivity (Wildman–Crippen MR) is 93.6 cm³/mol. The van der Waals surface area contributed by atoms with Crippen LogP contribution in [0.15, 0.2) is 24.3 Å². The number of hydrogen-bond donors (Lipinski definition) is 2. The van der Waals surface area contributed by atoms with Gasteiger partial charge < -0.3 is 19.9 Å². The fourth-order valence-electron chi connectivity index (χ4n) is 2.55. The van der Waals surface area contributed by atoms with Gasteiger partial charge in [-0.2, -0.15) is 0 Å². The highest BCUT2D eigenvalue weighted by atomic mass is 16.5. The summed E-state index contributed by atoms with van der Waals surface area (Å²) in [6, 6.07) is 8.35. The van der Waals surface area contributed by atoms with Crippen molar-refractivity contribution in [1.29, 1.82) is 0 Å². The van der Waals surface area contributed by atoms with Crippen molar-refractivity contribution in [3.05, 3.63) is 29.8 Å². The predicted octanol–water partition coefficient (Wildman–Crippen LogP) is 2.35. The van der Waals surface area contributed by atoms with Crippen molar-refractivity contribution in [2.24, 2.45) is 5.92 Å². The van der Waals surface area contributed by atoms with E-state index in [2.05, 4.69) is 26.1 Å². The van der Waals surface area contributed by atoms with Crippen LogP contribution < -0.4 is 10.1 Å². The second-order valence-corrected chi connectivity index (χ2v) is 6.75. The van der Waals surface area contributed by atoms with Gasteiger partial charge in [0.1, 0.15) is 18.4 Å². The van der Waals surface area contributed by atoms with Crippen LogP contribution in [-0.2, 0) is 11.3 Å². The van der Waals surface area contributed by atoms with Gasteiger partial charge in [-0.25, -0.2) is 0 Å². The fourth-order valence-corrected chi connectivity index (χ4v) is 2.55. The molecule has 132 valence electrons. The molecule has 0 aliphatic carbocycles. The van der Waals surface area contributed by atoms with Gasteiger partial charge in [0.15, 0.2) is 0 Å². The molecule has 4 nitrogen and oxygen atoms in total. The van der Waals surface area contributed by atoms with E-state index in [1.165, 1.54) is 19.3 Å². The summed E-state index contributed by atoms with van der Waals surface area (Å²) in [6.07, 6.45) is 3.31. The molecule has 1 aromatic carbocycles. The summed E-state index contributed by atoms with van der Waals surface area (Å²) in [6.45, 7) is 8.25. The fraction of sp³-hybridized carbons (Fsp3) is 0.684. The van der Waals surface area contributed by atoms with Gasteiger partial charge in [0.2, 0.25) is 0 Å². The molecule has 23 heavy (non-hydrogen) atoms. The van der Waals surface area contributed by atoms with E-state index in [0.717, 1.165) is 17.2 Å². The first kappa shape index (κ1) is 19.9. The zero-order valence-electron chi connectivity index (χ0n) is 15.1.